The van der Waals surface area contributed by atoms with Crippen molar-refractivity contribution in [3.8, 4) is 34.1 Å². The Bertz CT molecular complexity index is 920. The van der Waals surface area contributed by atoms with Crippen LogP contribution in [0.1, 0.15) is 50.4 Å². The van der Waals surface area contributed by atoms with Crippen molar-refractivity contribution in [1.29, 1.82) is 0 Å². The highest BCUT2D eigenvalue weighted by Gasteiger charge is 2.35. The maximum atomic E-state index is 6.15. The molecule has 1 heterocycles. The lowest BCUT2D eigenvalue weighted by atomic mass is 9.77. The van der Waals surface area contributed by atoms with E-state index in [2.05, 4.69) is 23.5 Å². The number of benzene rings is 2. The van der Waals surface area contributed by atoms with Crippen molar-refractivity contribution in [2.24, 2.45) is 0 Å². The summed E-state index contributed by atoms with van der Waals surface area (Å²) in [5, 5.41) is 3.69. The Labute approximate surface area is 173 Å². The predicted octanol–water partition coefficient (Wildman–Crippen LogP) is 4.69. The molecule has 4 rings (SSSR count). The van der Waals surface area contributed by atoms with E-state index in [1.54, 1.807) is 14.2 Å². The van der Waals surface area contributed by atoms with E-state index in [0.29, 0.717) is 0 Å². The van der Waals surface area contributed by atoms with Crippen molar-refractivity contribution in [2.75, 3.05) is 20.8 Å². The summed E-state index contributed by atoms with van der Waals surface area (Å²) in [7, 11) is 3.41. The molecule has 156 valence electrons. The topological polar surface area (TPSA) is 49.0 Å². The SMILES string of the molecule is COc1cc2c(cc1OC(C)C)CC1NCCc3cc(OC(C)C)c(OC)c-2c31. The van der Waals surface area contributed by atoms with E-state index < -0.39 is 0 Å². The number of ether oxygens (including phenoxy) is 4. The molecule has 0 amide bonds. The van der Waals surface area contributed by atoms with Crippen LogP contribution in [0.15, 0.2) is 18.2 Å². The molecule has 0 radical (unpaired) electrons. The van der Waals surface area contributed by atoms with Gasteiger partial charge in [-0.15, -0.1) is 0 Å². The summed E-state index contributed by atoms with van der Waals surface area (Å²) in [5.74, 6) is 3.14. The summed E-state index contributed by atoms with van der Waals surface area (Å²) in [4.78, 5) is 0. The van der Waals surface area contributed by atoms with Crippen LogP contribution in [0.2, 0.25) is 0 Å². The lowest BCUT2D eigenvalue weighted by molar-refractivity contribution is 0.229. The number of rotatable bonds is 6. The molecule has 0 spiro atoms. The van der Waals surface area contributed by atoms with E-state index in [1.807, 2.05) is 27.7 Å². The molecule has 0 bridgehead atoms. The molecule has 0 saturated heterocycles. The monoisotopic (exact) mass is 397 g/mol. The third-order valence-electron chi connectivity index (χ3n) is 5.52. The van der Waals surface area contributed by atoms with Gasteiger partial charge in [0.2, 0.25) is 0 Å². The van der Waals surface area contributed by atoms with E-state index in [0.717, 1.165) is 53.5 Å². The number of fused-ring (bicyclic) bond motifs is 2. The van der Waals surface area contributed by atoms with Gasteiger partial charge in [-0.3, -0.25) is 0 Å². The van der Waals surface area contributed by atoms with Crippen molar-refractivity contribution in [3.63, 3.8) is 0 Å². The highest BCUT2D eigenvalue weighted by Crippen LogP contribution is 2.52. The second-order valence-electron chi connectivity index (χ2n) is 8.31. The summed E-state index contributed by atoms with van der Waals surface area (Å²) >= 11 is 0. The van der Waals surface area contributed by atoms with Gasteiger partial charge in [-0.05, 0) is 87.5 Å². The van der Waals surface area contributed by atoms with Crippen molar-refractivity contribution >= 4 is 0 Å². The Morgan fingerprint density at radius 1 is 0.862 bits per heavy atom. The summed E-state index contributed by atoms with van der Waals surface area (Å²) in [5.41, 5.74) is 6.16. The van der Waals surface area contributed by atoms with E-state index in [9.17, 15) is 0 Å². The predicted molar refractivity (Wildman–Crippen MR) is 115 cm³/mol. The molecule has 2 aromatic rings. The average Bonchev–Trinajstić information content (AvgIpc) is 2.66. The third-order valence-corrected chi connectivity index (χ3v) is 5.52. The lowest BCUT2D eigenvalue weighted by Gasteiger charge is -2.36. The smallest absolute Gasteiger partial charge is 0.168 e. The van der Waals surface area contributed by atoms with Crippen LogP contribution in [0, 0.1) is 0 Å². The van der Waals surface area contributed by atoms with Crippen LogP contribution in [0.3, 0.4) is 0 Å². The van der Waals surface area contributed by atoms with Crippen LogP contribution in [-0.2, 0) is 12.8 Å². The molecular formula is C24H31NO4. The van der Waals surface area contributed by atoms with Crippen molar-refractivity contribution < 1.29 is 18.9 Å². The normalized spacial score (nSPS) is 17.0. The minimum absolute atomic E-state index is 0.0751. The molecule has 1 N–H and O–H groups in total. The first-order valence-corrected chi connectivity index (χ1v) is 10.4. The maximum absolute atomic E-state index is 6.15. The largest absolute Gasteiger partial charge is 0.493 e. The molecule has 1 atom stereocenters. The van der Waals surface area contributed by atoms with Crippen LogP contribution < -0.4 is 24.3 Å². The Balaban J connectivity index is 1.97. The van der Waals surface area contributed by atoms with Gasteiger partial charge in [0.25, 0.3) is 0 Å². The first-order chi connectivity index (χ1) is 13.9. The number of methoxy groups -OCH3 is 2. The molecule has 1 aliphatic heterocycles. The van der Waals surface area contributed by atoms with Crippen LogP contribution in [0.5, 0.6) is 23.0 Å². The van der Waals surface area contributed by atoms with Gasteiger partial charge in [0.05, 0.1) is 26.4 Å². The van der Waals surface area contributed by atoms with E-state index in [4.69, 9.17) is 18.9 Å². The van der Waals surface area contributed by atoms with Gasteiger partial charge >= 0.3 is 0 Å². The van der Waals surface area contributed by atoms with Gasteiger partial charge in [-0.25, -0.2) is 0 Å². The van der Waals surface area contributed by atoms with Gasteiger partial charge in [-0.2, -0.15) is 0 Å². The van der Waals surface area contributed by atoms with Crippen molar-refractivity contribution in [3.05, 3.63) is 34.9 Å². The summed E-state index contributed by atoms with van der Waals surface area (Å²) in [6, 6.07) is 6.66. The number of hydrogen-bond donors (Lipinski definition) is 1. The molecule has 0 saturated carbocycles. The van der Waals surface area contributed by atoms with E-state index >= 15 is 0 Å². The van der Waals surface area contributed by atoms with Crippen LogP contribution in [0.4, 0.5) is 0 Å². The van der Waals surface area contributed by atoms with Crippen molar-refractivity contribution in [1.82, 2.24) is 5.32 Å². The molecule has 2 aromatic carbocycles. The molecule has 2 aliphatic rings. The zero-order chi connectivity index (χ0) is 20.7. The van der Waals surface area contributed by atoms with Gasteiger partial charge in [-0.1, -0.05) is 0 Å². The minimum atomic E-state index is 0.0751. The molecule has 5 nitrogen and oxygen atoms in total. The molecule has 0 aromatic heterocycles. The second-order valence-corrected chi connectivity index (χ2v) is 8.31. The van der Waals surface area contributed by atoms with E-state index in [1.165, 1.54) is 16.7 Å². The molecule has 29 heavy (non-hydrogen) atoms. The average molecular weight is 398 g/mol. The fourth-order valence-corrected chi connectivity index (χ4v) is 4.51. The fraction of sp³-hybridized carbons (Fsp3) is 0.500. The lowest BCUT2D eigenvalue weighted by Crippen LogP contribution is -2.34. The Morgan fingerprint density at radius 3 is 2.21 bits per heavy atom. The molecular weight excluding hydrogens is 366 g/mol. The van der Waals surface area contributed by atoms with Gasteiger partial charge in [0.15, 0.2) is 23.0 Å². The number of nitrogens with one attached hydrogen (secondary N) is 1. The van der Waals surface area contributed by atoms with Crippen LogP contribution in [-0.4, -0.2) is 33.0 Å². The molecule has 0 fully saturated rings. The Morgan fingerprint density at radius 2 is 1.55 bits per heavy atom. The van der Waals surface area contributed by atoms with Gasteiger partial charge in [0, 0.05) is 11.6 Å². The molecule has 1 aliphatic carbocycles. The molecule has 1 unspecified atom stereocenters. The first-order valence-electron chi connectivity index (χ1n) is 10.4. The quantitative estimate of drug-likeness (QED) is 0.766. The Hall–Kier alpha value is -2.40. The summed E-state index contributed by atoms with van der Waals surface area (Å²) in [6.45, 7) is 9.11. The minimum Gasteiger partial charge on any atom is -0.493 e. The second kappa shape index (κ2) is 7.79. The van der Waals surface area contributed by atoms with Crippen LogP contribution in [0.25, 0.3) is 11.1 Å². The standard InChI is InChI=1S/C24H31NO4/c1-13(2)28-20-11-16-9-18-22-15(7-8-25-18)10-21(29-14(3)4)24(27-6)23(22)17(16)12-19(20)26-5/h10-14,18,25H,7-9H2,1-6H3. The third kappa shape index (κ3) is 3.52. The van der Waals surface area contributed by atoms with Gasteiger partial charge < -0.3 is 24.3 Å². The highest BCUT2D eigenvalue weighted by atomic mass is 16.5. The number of hydrogen-bond acceptors (Lipinski definition) is 5. The summed E-state index contributed by atoms with van der Waals surface area (Å²) < 4.78 is 23.8. The highest BCUT2D eigenvalue weighted by molar-refractivity contribution is 5.85. The van der Waals surface area contributed by atoms with Gasteiger partial charge in [0.1, 0.15) is 0 Å². The zero-order valence-electron chi connectivity index (χ0n) is 18.2. The van der Waals surface area contributed by atoms with E-state index in [-0.39, 0.29) is 18.2 Å². The summed E-state index contributed by atoms with van der Waals surface area (Å²) in [6.07, 6.45) is 2.06. The maximum Gasteiger partial charge on any atom is 0.168 e. The fourth-order valence-electron chi connectivity index (χ4n) is 4.51. The molecule has 5 heteroatoms. The van der Waals surface area contributed by atoms with Crippen molar-refractivity contribution in [2.45, 2.75) is 58.8 Å². The zero-order valence-corrected chi connectivity index (χ0v) is 18.2. The van der Waals surface area contributed by atoms with Crippen LogP contribution >= 0.6 is 0 Å². The first kappa shape index (κ1) is 19.9. The Kier molecular flexibility index (Phi) is 5.34.